The maximum atomic E-state index is 12.3. The van der Waals surface area contributed by atoms with Gasteiger partial charge in [-0.05, 0) is 39.0 Å². The zero-order chi connectivity index (χ0) is 16.6. The summed E-state index contributed by atoms with van der Waals surface area (Å²) in [7, 11) is 1.67. The Morgan fingerprint density at radius 3 is 2.74 bits per heavy atom. The van der Waals surface area contributed by atoms with Crippen molar-refractivity contribution in [1.29, 1.82) is 0 Å². The van der Waals surface area contributed by atoms with Crippen molar-refractivity contribution in [2.75, 3.05) is 5.43 Å². The first-order valence-electron chi connectivity index (χ1n) is 7.31. The Balaban J connectivity index is 1.99. The largest absolute Gasteiger partial charge is 0.466 e. The lowest BCUT2D eigenvalue weighted by Gasteiger charge is -2.08. The average Bonchev–Trinajstić information content (AvgIpc) is 2.88. The van der Waals surface area contributed by atoms with Crippen molar-refractivity contribution in [1.82, 2.24) is 9.55 Å². The maximum absolute atomic E-state index is 12.3. The van der Waals surface area contributed by atoms with Crippen molar-refractivity contribution in [3.8, 4) is 0 Å². The number of hydrazone groups is 1. The number of fused-ring (bicyclic) bond motifs is 1. The van der Waals surface area contributed by atoms with E-state index in [9.17, 15) is 4.79 Å². The van der Waals surface area contributed by atoms with Crippen LogP contribution in [0, 0.1) is 13.8 Å². The fraction of sp³-hybridized carbons (Fsp3) is 0.235. The SMILES string of the molecule is CC(=NNc1nc2ccccc2c(=O)n1C)c1cc(C)oc1C. The highest BCUT2D eigenvalue weighted by Gasteiger charge is 2.09. The first-order valence-corrected chi connectivity index (χ1v) is 7.31. The fourth-order valence-electron chi connectivity index (χ4n) is 2.50. The summed E-state index contributed by atoms with van der Waals surface area (Å²) in [5.41, 5.74) is 5.11. The molecule has 0 aliphatic rings. The van der Waals surface area contributed by atoms with Crippen LogP contribution in [0.4, 0.5) is 5.95 Å². The summed E-state index contributed by atoms with van der Waals surface area (Å²) >= 11 is 0. The first kappa shape index (κ1) is 15.0. The highest BCUT2D eigenvalue weighted by atomic mass is 16.3. The molecule has 118 valence electrons. The Morgan fingerprint density at radius 1 is 1.30 bits per heavy atom. The van der Waals surface area contributed by atoms with Gasteiger partial charge in [0.05, 0.1) is 16.6 Å². The van der Waals surface area contributed by atoms with Gasteiger partial charge >= 0.3 is 0 Å². The molecule has 0 bridgehead atoms. The predicted molar refractivity (Wildman–Crippen MR) is 91.0 cm³/mol. The van der Waals surface area contributed by atoms with Gasteiger partial charge in [-0.15, -0.1) is 0 Å². The van der Waals surface area contributed by atoms with Crippen LogP contribution in [0.2, 0.25) is 0 Å². The van der Waals surface area contributed by atoms with Crippen molar-refractivity contribution in [2.45, 2.75) is 20.8 Å². The van der Waals surface area contributed by atoms with Gasteiger partial charge in [-0.3, -0.25) is 9.36 Å². The minimum Gasteiger partial charge on any atom is -0.466 e. The number of furan rings is 1. The summed E-state index contributed by atoms with van der Waals surface area (Å²) in [6.45, 7) is 5.67. The van der Waals surface area contributed by atoms with Crippen molar-refractivity contribution < 1.29 is 4.42 Å². The third kappa shape index (κ3) is 2.75. The van der Waals surface area contributed by atoms with E-state index >= 15 is 0 Å². The number of nitrogens with one attached hydrogen (secondary N) is 1. The minimum absolute atomic E-state index is 0.110. The zero-order valence-corrected chi connectivity index (χ0v) is 13.5. The number of rotatable bonds is 3. The Hall–Kier alpha value is -2.89. The second-order valence-electron chi connectivity index (χ2n) is 5.45. The molecular formula is C17H18N4O2. The number of nitrogens with zero attached hydrogens (tertiary/aromatic N) is 3. The van der Waals surface area contributed by atoms with Gasteiger partial charge in [-0.2, -0.15) is 5.10 Å². The molecule has 23 heavy (non-hydrogen) atoms. The quantitative estimate of drug-likeness (QED) is 0.596. The second-order valence-corrected chi connectivity index (χ2v) is 5.45. The van der Waals surface area contributed by atoms with Crippen molar-refractivity contribution in [3.63, 3.8) is 0 Å². The molecule has 0 amide bonds. The third-order valence-corrected chi connectivity index (χ3v) is 3.74. The van der Waals surface area contributed by atoms with E-state index in [2.05, 4.69) is 15.5 Å². The lowest BCUT2D eigenvalue weighted by atomic mass is 10.2. The molecule has 3 rings (SSSR count). The maximum Gasteiger partial charge on any atom is 0.262 e. The van der Waals surface area contributed by atoms with Gasteiger partial charge in [0.1, 0.15) is 11.5 Å². The highest BCUT2D eigenvalue weighted by Crippen LogP contribution is 2.15. The Bertz CT molecular complexity index is 966. The van der Waals surface area contributed by atoms with Gasteiger partial charge in [-0.25, -0.2) is 10.4 Å². The molecule has 1 N–H and O–H groups in total. The number of benzene rings is 1. The molecule has 0 atom stereocenters. The highest BCUT2D eigenvalue weighted by molar-refractivity contribution is 6.00. The predicted octanol–water partition coefficient (Wildman–Crippen LogP) is 2.98. The van der Waals surface area contributed by atoms with Gasteiger partial charge < -0.3 is 4.42 Å². The van der Waals surface area contributed by atoms with Gasteiger partial charge in [0.25, 0.3) is 5.56 Å². The fourth-order valence-corrected chi connectivity index (χ4v) is 2.50. The minimum atomic E-state index is -0.110. The zero-order valence-electron chi connectivity index (χ0n) is 13.5. The van der Waals surface area contributed by atoms with E-state index in [1.54, 1.807) is 13.1 Å². The van der Waals surface area contributed by atoms with Gasteiger partial charge in [-0.1, -0.05) is 12.1 Å². The lowest BCUT2D eigenvalue weighted by molar-refractivity contribution is 0.504. The van der Waals surface area contributed by atoms with Crippen molar-refractivity contribution in [2.24, 2.45) is 12.1 Å². The second kappa shape index (κ2) is 5.72. The van der Waals surface area contributed by atoms with Crippen LogP contribution in [0.15, 0.2) is 44.6 Å². The normalized spacial score (nSPS) is 11.9. The summed E-state index contributed by atoms with van der Waals surface area (Å²) in [4.78, 5) is 16.8. The number of aryl methyl sites for hydroxylation is 2. The molecule has 0 fully saturated rings. The van der Waals surface area contributed by atoms with Gasteiger partial charge in [0, 0.05) is 12.6 Å². The molecule has 2 heterocycles. The van der Waals surface area contributed by atoms with E-state index in [0.29, 0.717) is 16.9 Å². The molecule has 3 aromatic rings. The molecule has 1 aromatic carbocycles. The van der Waals surface area contributed by atoms with Crippen molar-refractivity contribution >= 4 is 22.6 Å². The summed E-state index contributed by atoms with van der Waals surface area (Å²) in [6, 6.07) is 9.18. The number of hydrogen-bond donors (Lipinski definition) is 1. The molecule has 6 heteroatoms. The number of hydrogen-bond acceptors (Lipinski definition) is 5. The number of para-hydroxylation sites is 1. The number of anilines is 1. The number of aromatic nitrogens is 2. The average molecular weight is 310 g/mol. The first-order chi connectivity index (χ1) is 11.0. The van der Waals surface area contributed by atoms with Crippen LogP contribution in [-0.4, -0.2) is 15.3 Å². The van der Waals surface area contributed by atoms with E-state index in [1.165, 1.54) is 4.57 Å². The summed E-state index contributed by atoms with van der Waals surface area (Å²) in [6.07, 6.45) is 0. The molecule has 0 saturated heterocycles. The van der Waals surface area contributed by atoms with Crippen LogP contribution >= 0.6 is 0 Å². The van der Waals surface area contributed by atoms with E-state index < -0.39 is 0 Å². The van der Waals surface area contributed by atoms with Crippen LogP contribution in [-0.2, 0) is 7.05 Å². The van der Waals surface area contributed by atoms with Gasteiger partial charge in [0.15, 0.2) is 0 Å². The van der Waals surface area contributed by atoms with Crippen LogP contribution in [0.5, 0.6) is 0 Å². The topological polar surface area (TPSA) is 72.4 Å². The van der Waals surface area contributed by atoms with Crippen molar-refractivity contribution in [3.05, 3.63) is 57.8 Å². The Kier molecular flexibility index (Phi) is 3.73. The molecule has 0 aliphatic heterocycles. The van der Waals surface area contributed by atoms with Gasteiger partial charge in [0.2, 0.25) is 5.95 Å². The van der Waals surface area contributed by atoms with Crippen LogP contribution < -0.4 is 11.0 Å². The van der Waals surface area contributed by atoms with E-state index in [0.717, 1.165) is 22.8 Å². The molecule has 0 spiro atoms. The molecule has 0 unspecified atom stereocenters. The van der Waals surface area contributed by atoms with E-state index in [1.807, 2.05) is 45.0 Å². The molecule has 2 aromatic heterocycles. The molecule has 0 aliphatic carbocycles. The van der Waals surface area contributed by atoms with Crippen LogP contribution in [0.25, 0.3) is 10.9 Å². The molecular weight excluding hydrogens is 292 g/mol. The smallest absolute Gasteiger partial charge is 0.262 e. The lowest BCUT2D eigenvalue weighted by Crippen LogP contribution is -2.21. The van der Waals surface area contributed by atoms with Crippen LogP contribution in [0.3, 0.4) is 0 Å². The molecule has 0 saturated carbocycles. The van der Waals surface area contributed by atoms with E-state index in [-0.39, 0.29) is 5.56 Å². The molecule has 0 radical (unpaired) electrons. The summed E-state index contributed by atoms with van der Waals surface area (Å²) < 4.78 is 6.96. The standard InChI is InChI=1S/C17H18N4O2/c1-10-9-14(12(3)23-10)11(2)19-20-17-18-15-8-6-5-7-13(15)16(22)21(17)4/h5-9H,1-4H3,(H,18,20). The molecule has 6 nitrogen and oxygen atoms in total. The summed E-state index contributed by atoms with van der Waals surface area (Å²) in [5, 5.41) is 4.92. The monoisotopic (exact) mass is 310 g/mol. The summed E-state index contributed by atoms with van der Waals surface area (Å²) in [5.74, 6) is 2.04. The van der Waals surface area contributed by atoms with E-state index in [4.69, 9.17) is 4.42 Å². The van der Waals surface area contributed by atoms with Crippen LogP contribution in [0.1, 0.15) is 24.0 Å². The third-order valence-electron chi connectivity index (χ3n) is 3.74. The Labute approximate surface area is 133 Å². The Morgan fingerprint density at radius 2 is 2.04 bits per heavy atom.